The molecular formula is C16H15O3-. The number of aliphatic carboxylic acids is 1. The molecule has 0 N–H and O–H groups in total. The van der Waals surface area contributed by atoms with Crippen LogP contribution in [-0.2, 0) is 17.8 Å². The summed E-state index contributed by atoms with van der Waals surface area (Å²) in [5.41, 5.74) is 3.03. The zero-order valence-corrected chi connectivity index (χ0v) is 10.8. The average Bonchev–Trinajstić information content (AvgIpc) is 2.39. The Kier molecular flexibility index (Phi) is 4.18. The van der Waals surface area contributed by atoms with E-state index in [1.165, 1.54) is 5.56 Å². The summed E-state index contributed by atoms with van der Waals surface area (Å²) in [5.74, 6) is -0.351. The van der Waals surface area contributed by atoms with Crippen molar-refractivity contribution in [3.63, 3.8) is 0 Å². The summed E-state index contributed by atoms with van der Waals surface area (Å²) in [6.07, 6.45) is -0.0712. The molecule has 2 aromatic carbocycles. The number of carboxylic acids is 1. The van der Waals surface area contributed by atoms with Crippen molar-refractivity contribution in [2.75, 3.05) is 0 Å². The molecule has 0 amide bonds. The number of carboxylic acid groups (broad SMARTS) is 1. The molecule has 98 valence electrons. The minimum atomic E-state index is -1.08. The molecule has 0 heterocycles. The van der Waals surface area contributed by atoms with E-state index < -0.39 is 5.97 Å². The Labute approximate surface area is 112 Å². The monoisotopic (exact) mass is 255 g/mol. The number of rotatable bonds is 5. The van der Waals surface area contributed by atoms with Crippen LogP contribution in [0, 0.1) is 6.92 Å². The van der Waals surface area contributed by atoms with Crippen LogP contribution in [0.15, 0.2) is 48.5 Å². The standard InChI is InChI=1S/C16H16O3/c1-12-2-4-14(5-3-12)11-19-15-8-6-13(7-9-15)10-16(17)18/h2-9H,10-11H2,1H3,(H,17,18)/p-1. The molecule has 0 saturated carbocycles. The van der Waals surface area contributed by atoms with Crippen LogP contribution in [0.5, 0.6) is 5.75 Å². The normalized spacial score (nSPS) is 10.2. The van der Waals surface area contributed by atoms with Crippen molar-refractivity contribution in [3.05, 3.63) is 65.2 Å². The quantitative estimate of drug-likeness (QED) is 0.819. The maximum Gasteiger partial charge on any atom is 0.119 e. The van der Waals surface area contributed by atoms with Crippen LogP contribution in [0.4, 0.5) is 0 Å². The van der Waals surface area contributed by atoms with Crippen LogP contribution in [0.25, 0.3) is 0 Å². The van der Waals surface area contributed by atoms with E-state index in [4.69, 9.17) is 4.74 Å². The van der Waals surface area contributed by atoms with Crippen LogP contribution in [-0.4, -0.2) is 5.97 Å². The summed E-state index contributed by atoms with van der Waals surface area (Å²) >= 11 is 0. The van der Waals surface area contributed by atoms with Gasteiger partial charge in [-0.05, 0) is 30.2 Å². The molecule has 2 aromatic rings. The predicted octanol–water partition coefficient (Wildman–Crippen LogP) is 1.87. The van der Waals surface area contributed by atoms with Gasteiger partial charge in [0.2, 0.25) is 0 Å². The van der Waals surface area contributed by atoms with Crippen molar-refractivity contribution in [2.45, 2.75) is 20.0 Å². The van der Waals surface area contributed by atoms with E-state index >= 15 is 0 Å². The van der Waals surface area contributed by atoms with Crippen molar-refractivity contribution >= 4 is 5.97 Å². The van der Waals surface area contributed by atoms with Crippen molar-refractivity contribution < 1.29 is 14.6 Å². The number of hydrogen-bond acceptors (Lipinski definition) is 3. The predicted molar refractivity (Wildman–Crippen MR) is 70.7 cm³/mol. The van der Waals surface area contributed by atoms with Crippen molar-refractivity contribution in [2.24, 2.45) is 0 Å². The maximum absolute atomic E-state index is 10.4. The number of ether oxygens (including phenoxy) is 1. The third-order valence-corrected chi connectivity index (χ3v) is 2.80. The third-order valence-electron chi connectivity index (χ3n) is 2.80. The van der Waals surface area contributed by atoms with Gasteiger partial charge >= 0.3 is 0 Å². The topological polar surface area (TPSA) is 49.4 Å². The lowest BCUT2D eigenvalue weighted by molar-refractivity contribution is -0.304. The largest absolute Gasteiger partial charge is 0.550 e. The number of aryl methyl sites for hydroxylation is 1. The molecule has 0 atom stereocenters. The molecule has 0 aromatic heterocycles. The van der Waals surface area contributed by atoms with Gasteiger partial charge in [0.15, 0.2) is 0 Å². The SMILES string of the molecule is Cc1ccc(COc2ccc(CC(=O)[O-])cc2)cc1. The lowest BCUT2D eigenvalue weighted by atomic mass is 10.1. The fraction of sp³-hybridized carbons (Fsp3) is 0.188. The van der Waals surface area contributed by atoms with E-state index in [9.17, 15) is 9.90 Å². The first-order valence-electron chi connectivity index (χ1n) is 6.10. The molecule has 0 radical (unpaired) electrons. The number of carbonyl (C=O) groups is 1. The van der Waals surface area contributed by atoms with Gasteiger partial charge in [-0.2, -0.15) is 0 Å². The molecule has 0 bridgehead atoms. The van der Waals surface area contributed by atoms with Gasteiger partial charge in [0.05, 0.1) is 0 Å². The first-order chi connectivity index (χ1) is 9.13. The second-order valence-corrected chi connectivity index (χ2v) is 4.47. The van der Waals surface area contributed by atoms with Crippen LogP contribution >= 0.6 is 0 Å². The highest BCUT2D eigenvalue weighted by Crippen LogP contribution is 2.14. The fourth-order valence-electron chi connectivity index (χ4n) is 1.72. The highest BCUT2D eigenvalue weighted by atomic mass is 16.5. The van der Waals surface area contributed by atoms with Crippen LogP contribution in [0.3, 0.4) is 0 Å². The minimum Gasteiger partial charge on any atom is -0.550 e. The third kappa shape index (κ3) is 4.14. The molecule has 3 heteroatoms. The lowest BCUT2D eigenvalue weighted by Gasteiger charge is -2.08. The van der Waals surface area contributed by atoms with Crippen LogP contribution in [0.1, 0.15) is 16.7 Å². The molecule has 0 saturated heterocycles. The van der Waals surface area contributed by atoms with Gasteiger partial charge in [-0.1, -0.05) is 42.0 Å². The summed E-state index contributed by atoms with van der Waals surface area (Å²) in [7, 11) is 0. The molecule has 3 nitrogen and oxygen atoms in total. The van der Waals surface area contributed by atoms with Gasteiger partial charge in [0.25, 0.3) is 0 Å². The molecule has 0 aliphatic heterocycles. The molecular weight excluding hydrogens is 240 g/mol. The second kappa shape index (κ2) is 6.05. The molecule has 2 rings (SSSR count). The maximum atomic E-state index is 10.4. The highest BCUT2D eigenvalue weighted by molar-refractivity contribution is 5.67. The van der Waals surface area contributed by atoms with E-state index in [-0.39, 0.29) is 6.42 Å². The van der Waals surface area contributed by atoms with Crippen LogP contribution < -0.4 is 9.84 Å². The minimum absolute atomic E-state index is 0.0712. The van der Waals surface area contributed by atoms with Gasteiger partial charge in [-0.3, -0.25) is 0 Å². The van der Waals surface area contributed by atoms with Crippen molar-refractivity contribution in [1.82, 2.24) is 0 Å². The Morgan fingerprint density at radius 2 is 1.58 bits per heavy atom. The average molecular weight is 255 g/mol. The molecule has 0 spiro atoms. The van der Waals surface area contributed by atoms with Gasteiger partial charge < -0.3 is 14.6 Å². The molecule has 0 fully saturated rings. The van der Waals surface area contributed by atoms with Gasteiger partial charge in [-0.25, -0.2) is 0 Å². The molecule has 19 heavy (non-hydrogen) atoms. The Hall–Kier alpha value is -2.29. The Morgan fingerprint density at radius 1 is 1.00 bits per heavy atom. The molecule has 0 aliphatic carbocycles. The van der Waals surface area contributed by atoms with E-state index in [1.807, 2.05) is 31.2 Å². The first kappa shape index (κ1) is 13.1. The fourth-order valence-corrected chi connectivity index (χ4v) is 1.72. The van der Waals surface area contributed by atoms with E-state index in [0.717, 1.165) is 11.3 Å². The number of hydrogen-bond donors (Lipinski definition) is 0. The highest BCUT2D eigenvalue weighted by Gasteiger charge is 1.98. The Balaban J connectivity index is 1.92. The van der Waals surface area contributed by atoms with Gasteiger partial charge in [0, 0.05) is 12.4 Å². The summed E-state index contributed by atoms with van der Waals surface area (Å²) in [6, 6.07) is 15.2. The van der Waals surface area contributed by atoms with E-state index in [1.54, 1.807) is 24.3 Å². The number of carbonyl (C=O) groups excluding carboxylic acids is 1. The summed E-state index contributed by atoms with van der Waals surface area (Å²) in [4.78, 5) is 10.4. The molecule has 0 unspecified atom stereocenters. The zero-order chi connectivity index (χ0) is 13.7. The summed E-state index contributed by atoms with van der Waals surface area (Å²) < 4.78 is 5.63. The summed E-state index contributed by atoms with van der Waals surface area (Å²) in [5, 5.41) is 10.4. The second-order valence-electron chi connectivity index (χ2n) is 4.47. The van der Waals surface area contributed by atoms with Crippen molar-refractivity contribution in [3.8, 4) is 5.75 Å². The zero-order valence-electron chi connectivity index (χ0n) is 10.8. The van der Waals surface area contributed by atoms with Crippen molar-refractivity contribution in [1.29, 1.82) is 0 Å². The van der Waals surface area contributed by atoms with E-state index in [2.05, 4.69) is 0 Å². The summed E-state index contributed by atoms with van der Waals surface area (Å²) in [6.45, 7) is 2.54. The Morgan fingerprint density at radius 3 is 2.16 bits per heavy atom. The van der Waals surface area contributed by atoms with E-state index in [0.29, 0.717) is 12.2 Å². The smallest absolute Gasteiger partial charge is 0.119 e. The van der Waals surface area contributed by atoms with Gasteiger partial charge in [0.1, 0.15) is 12.4 Å². The van der Waals surface area contributed by atoms with Gasteiger partial charge in [-0.15, -0.1) is 0 Å². The van der Waals surface area contributed by atoms with Crippen LogP contribution in [0.2, 0.25) is 0 Å². The first-order valence-corrected chi connectivity index (χ1v) is 6.10. The molecule has 0 aliphatic rings. The Bertz CT molecular complexity index is 541. The lowest BCUT2D eigenvalue weighted by Crippen LogP contribution is -2.24. The number of benzene rings is 2.